The van der Waals surface area contributed by atoms with Gasteiger partial charge in [-0.1, -0.05) is 0 Å². The molecule has 0 heterocycles. The lowest BCUT2D eigenvalue weighted by Crippen LogP contribution is -2.19. The maximum absolute atomic E-state index is 11.6. The zero-order valence-electron chi connectivity index (χ0n) is 8.87. The molecule has 0 bridgehead atoms. The fourth-order valence-electron chi connectivity index (χ4n) is 1.27. The summed E-state index contributed by atoms with van der Waals surface area (Å²) >= 11 is 0. The van der Waals surface area contributed by atoms with Gasteiger partial charge in [-0.25, -0.2) is 13.1 Å². The second-order valence-electron chi connectivity index (χ2n) is 3.07. The van der Waals surface area contributed by atoms with Crippen molar-refractivity contribution in [2.24, 2.45) is 0 Å². The van der Waals surface area contributed by atoms with Crippen molar-refractivity contribution in [2.75, 3.05) is 19.9 Å². The highest BCUT2D eigenvalue weighted by Crippen LogP contribution is 2.27. The Bertz CT molecular complexity index is 468. The van der Waals surface area contributed by atoms with Crippen molar-refractivity contribution in [3.05, 3.63) is 17.7 Å². The summed E-state index contributed by atoms with van der Waals surface area (Å²) in [4.78, 5) is 0.177. The maximum atomic E-state index is 11.6. The van der Waals surface area contributed by atoms with Crippen LogP contribution in [0.2, 0.25) is 0 Å². The van der Waals surface area contributed by atoms with Crippen LogP contribution < -0.4 is 15.2 Å². The van der Waals surface area contributed by atoms with E-state index in [1.807, 2.05) is 0 Å². The first-order valence-electron chi connectivity index (χ1n) is 4.30. The fourth-order valence-corrected chi connectivity index (χ4v) is 2.23. The van der Waals surface area contributed by atoms with Gasteiger partial charge < -0.3 is 10.5 Å². The van der Waals surface area contributed by atoms with Crippen LogP contribution in [0.3, 0.4) is 0 Å². The van der Waals surface area contributed by atoms with Crippen molar-refractivity contribution < 1.29 is 13.2 Å². The number of ether oxygens (including phenoxy) is 1. The molecule has 1 aromatic carbocycles. The SMILES string of the molecule is CNS(=O)(=O)c1cc(OC)c(N)cc1C. The van der Waals surface area contributed by atoms with Crippen LogP contribution in [-0.4, -0.2) is 22.6 Å². The minimum absolute atomic E-state index is 0.177. The molecule has 0 unspecified atom stereocenters. The largest absolute Gasteiger partial charge is 0.495 e. The minimum Gasteiger partial charge on any atom is -0.495 e. The molecule has 0 saturated carbocycles. The van der Waals surface area contributed by atoms with Gasteiger partial charge in [0.2, 0.25) is 10.0 Å². The summed E-state index contributed by atoms with van der Waals surface area (Å²) in [6, 6.07) is 2.99. The predicted molar refractivity (Wildman–Crippen MR) is 58.4 cm³/mol. The van der Waals surface area contributed by atoms with Gasteiger partial charge in [0, 0.05) is 6.07 Å². The molecule has 0 atom stereocenters. The maximum Gasteiger partial charge on any atom is 0.240 e. The Morgan fingerprint density at radius 2 is 2.00 bits per heavy atom. The number of rotatable bonds is 3. The Morgan fingerprint density at radius 1 is 1.40 bits per heavy atom. The van der Waals surface area contributed by atoms with Gasteiger partial charge in [0.25, 0.3) is 0 Å². The van der Waals surface area contributed by atoms with E-state index in [2.05, 4.69) is 4.72 Å². The Kier molecular flexibility index (Phi) is 3.21. The van der Waals surface area contributed by atoms with Gasteiger partial charge in [0.15, 0.2) is 0 Å². The number of anilines is 1. The lowest BCUT2D eigenvalue weighted by Gasteiger charge is -2.10. The molecule has 1 aromatic rings. The number of nitrogen functional groups attached to an aromatic ring is 1. The van der Waals surface area contributed by atoms with Gasteiger partial charge in [0.05, 0.1) is 17.7 Å². The molecule has 0 spiro atoms. The monoisotopic (exact) mass is 230 g/mol. The van der Waals surface area contributed by atoms with Crippen molar-refractivity contribution in [3.63, 3.8) is 0 Å². The second-order valence-corrected chi connectivity index (χ2v) is 4.92. The van der Waals surface area contributed by atoms with E-state index in [1.54, 1.807) is 13.0 Å². The smallest absolute Gasteiger partial charge is 0.240 e. The van der Waals surface area contributed by atoms with E-state index in [4.69, 9.17) is 10.5 Å². The third-order valence-corrected chi connectivity index (χ3v) is 3.64. The Morgan fingerprint density at radius 3 is 2.47 bits per heavy atom. The zero-order valence-corrected chi connectivity index (χ0v) is 9.68. The Hall–Kier alpha value is -1.27. The predicted octanol–water partition coefficient (Wildman–Crippen LogP) is 0.494. The lowest BCUT2D eigenvalue weighted by atomic mass is 10.2. The first-order valence-corrected chi connectivity index (χ1v) is 5.78. The third-order valence-electron chi connectivity index (χ3n) is 2.09. The molecule has 0 aliphatic heterocycles. The third kappa shape index (κ3) is 2.21. The Balaban J connectivity index is 3.44. The van der Waals surface area contributed by atoms with E-state index in [0.717, 1.165) is 0 Å². The molecular weight excluding hydrogens is 216 g/mol. The van der Waals surface area contributed by atoms with Crippen molar-refractivity contribution in [2.45, 2.75) is 11.8 Å². The van der Waals surface area contributed by atoms with Gasteiger partial charge in [-0.3, -0.25) is 0 Å². The van der Waals surface area contributed by atoms with Gasteiger partial charge >= 0.3 is 0 Å². The molecule has 15 heavy (non-hydrogen) atoms. The van der Waals surface area contributed by atoms with Crippen LogP contribution in [0.25, 0.3) is 0 Å². The summed E-state index contributed by atoms with van der Waals surface area (Å²) in [5.74, 6) is 0.356. The van der Waals surface area contributed by atoms with Gasteiger partial charge in [-0.2, -0.15) is 0 Å². The second kappa shape index (κ2) is 4.08. The average molecular weight is 230 g/mol. The number of sulfonamides is 1. The van der Waals surface area contributed by atoms with E-state index >= 15 is 0 Å². The summed E-state index contributed by atoms with van der Waals surface area (Å²) in [6.45, 7) is 1.68. The van der Waals surface area contributed by atoms with Crippen molar-refractivity contribution in [1.29, 1.82) is 0 Å². The molecular formula is C9H14N2O3S. The first-order chi connectivity index (χ1) is 6.92. The van der Waals surface area contributed by atoms with Crippen LogP contribution in [0.1, 0.15) is 5.56 Å². The molecule has 6 heteroatoms. The topological polar surface area (TPSA) is 81.4 Å². The minimum atomic E-state index is -3.46. The van der Waals surface area contributed by atoms with Crippen molar-refractivity contribution in [3.8, 4) is 5.75 Å². The number of benzene rings is 1. The summed E-state index contributed by atoms with van der Waals surface area (Å²) in [6.07, 6.45) is 0. The fraction of sp³-hybridized carbons (Fsp3) is 0.333. The molecule has 0 aliphatic carbocycles. The summed E-state index contributed by atoms with van der Waals surface area (Å²) in [7, 11) is -0.664. The van der Waals surface area contributed by atoms with E-state index in [0.29, 0.717) is 17.0 Å². The molecule has 0 fully saturated rings. The van der Waals surface area contributed by atoms with Crippen molar-refractivity contribution in [1.82, 2.24) is 4.72 Å². The van der Waals surface area contributed by atoms with Gasteiger partial charge in [-0.15, -0.1) is 0 Å². The molecule has 0 aliphatic rings. The number of aryl methyl sites for hydroxylation is 1. The molecule has 3 N–H and O–H groups in total. The number of hydrogen-bond donors (Lipinski definition) is 2. The summed E-state index contributed by atoms with van der Waals surface area (Å²) < 4.78 is 30.4. The molecule has 0 radical (unpaired) electrons. The number of nitrogens with two attached hydrogens (primary N) is 1. The highest BCUT2D eigenvalue weighted by Gasteiger charge is 2.16. The van der Waals surface area contributed by atoms with Crippen LogP contribution in [0.15, 0.2) is 17.0 Å². The zero-order chi connectivity index (χ0) is 11.6. The van der Waals surface area contributed by atoms with Gasteiger partial charge in [0.1, 0.15) is 5.75 Å². The highest BCUT2D eigenvalue weighted by molar-refractivity contribution is 7.89. The molecule has 0 aromatic heterocycles. The summed E-state index contributed by atoms with van der Waals surface area (Å²) in [5, 5.41) is 0. The van der Waals surface area contributed by atoms with Gasteiger partial charge in [-0.05, 0) is 25.6 Å². The molecule has 5 nitrogen and oxygen atoms in total. The van der Waals surface area contributed by atoms with Crippen LogP contribution in [-0.2, 0) is 10.0 Å². The standard InChI is InChI=1S/C9H14N2O3S/c1-6-4-7(10)8(14-3)5-9(6)15(12,13)11-2/h4-5,11H,10H2,1-3H3. The van der Waals surface area contributed by atoms with Crippen LogP contribution in [0, 0.1) is 6.92 Å². The van der Waals surface area contributed by atoms with Crippen molar-refractivity contribution >= 4 is 15.7 Å². The lowest BCUT2D eigenvalue weighted by molar-refractivity contribution is 0.415. The quantitative estimate of drug-likeness (QED) is 0.741. The number of hydrogen-bond acceptors (Lipinski definition) is 4. The molecule has 0 amide bonds. The highest BCUT2D eigenvalue weighted by atomic mass is 32.2. The van der Waals surface area contributed by atoms with Crippen LogP contribution in [0.4, 0.5) is 5.69 Å². The summed E-state index contributed by atoms with van der Waals surface area (Å²) in [5.41, 5.74) is 6.65. The Labute approximate surface area is 89.3 Å². The molecule has 0 saturated heterocycles. The number of nitrogens with one attached hydrogen (secondary N) is 1. The van der Waals surface area contributed by atoms with E-state index < -0.39 is 10.0 Å². The van der Waals surface area contributed by atoms with Crippen LogP contribution >= 0.6 is 0 Å². The van der Waals surface area contributed by atoms with E-state index in [9.17, 15) is 8.42 Å². The number of methoxy groups -OCH3 is 1. The van der Waals surface area contributed by atoms with E-state index in [-0.39, 0.29) is 4.90 Å². The average Bonchev–Trinajstić information content (AvgIpc) is 2.17. The molecule has 84 valence electrons. The first kappa shape index (κ1) is 11.8. The van der Waals surface area contributed by atoms with Crippen LogP contribution in [0.5, 0.6) is 5.75 Å². The van der Waals surface area contributed by atoms with E-state index in [1.165, 1.54) is 20.2 Å². The normalized spacial score (nSPS) is 11.4. The molecule has 1 rings (SSSR count).